The van der Waals surface area contributed by atoms with Crippen LogP contribution in [0.3, 0.4) is 0 Å². The Morgan fingerprint density at radius 1 is 1.78 bits per heavy atom. The standard InChI is InChI=1S/C8H13N/c1-4-6-7-9-8(3)5-2/h5,8-9H,2,7H2,1,3H3. The van der Waals surface area contributed by atoms with E-state index in [1.165, 1.54) is 0 Å². The number of rotatable bonds is 3. The van der Waals surface area contributed by atoms with Gasteiger partial charge in [-0.3, -0.25) is 0 Å². The lowest BCUT2D eigenvalue weighted by Crippen LogP contribution is -2.23. The molecule has 0 aliphatic carbocycles. The molecular weight excluding hydrogens is 110 g/mol. The quantitative estimate of drug-likeness (QED) is 0.439. The summed E-state index contributed by atoms with van der Waals surface area (Å²) in [4.78, 5) is 0. The van der Waals surface area contributed by atoms with Crippen LogP contribution in [0.25, 0.3) is 0 Å². The van der Waals surface area contributed by atoms with Crippen LogP contribution in [-0.4, -0.2) is 12.6 Å². The van der Waals surface area contributed by atoms with Crippen molar-refractivity contribution in [3.05, 3.63) is 12.7 Å². The Morgan fingerprint density at radius 2 is 2.44 bits per heavy atom. The molecule has 0 aliphatic rings. The van der Waals surface area contributed by atoms with Gasteiger partial charge in [0.1, 0.15) is 0 Å². The summed E-state index contributed by atoms with van der Waals surface area (Å²) >= 11 is 0. The van der Waals surface area contributed by atoms with E-state index in [1.807, 2.05) is 19.9 Å². The lowest BCUT2D eigenvalue weighted by atomic mass is 10.3. The van der Waals surface area contributed by atoms with E-state index >= 15 is 0 Å². The minimum Gasteiger partial charge on any atom is -0.300 e. The van der Waals surface area contributed by atoms with Crippen molar-refractivity contribution >= 4 is 0 Å². The maximum absolute atomic E-state index is 3.63. The van der Waals surface area contributed by atoms with E-state index in [4.69, 9.17) is 0 Å². The van der Waals surface area contributed by atoms with Gasteiger partial charge in [0, 0.05) is 6.04 Å². The maximum atomic E-state index is 3.63. The highest BCUT2D eigenvalue weighted by Crippen LogP contribution is 1.77. The molecule has 1 N–H and O–H groups in total. The van der Waals surface area contributed by atoms with Crippen LogP contribution in [0.1, 0.15) is 13.8 Å². The fraction of sp³-hybridized carbons (Fsp3) is 0.500. The predicted octanol–water partition coefficient (Wildman–Crippen LogP) is 1.17. The summed E-state index contributed by atoms with van der Waals surface area (Å²) in [5, 5.41) is 3.14. The third-order valence-electron chi connectivity index (χ3n) is 1.04. The summed E-state index contributed by atoms with van der Waals surface area (Å²) in [6, 6.07) is 0.367. The zero-order valence-corrected chi connectivity index (χ0v) is 6.07. The highest BCUT2D eigenvalue weighted by atomic mass is 14.9. The second-order valence-electron chi connectivity index (χ2n) is 1.83. The van der Waals surface area contributed by atoms with Gasteiger partial charge in [-0.15, -0.1) is 12.5 Å². The molecule has 0 fully saturated rings. The van der Waals surface area contributed by atoms with Crippen LogP contribution in [0.4, 0.5) is 0 Å². The molecule has 0 rings (SSSR count). The molecule has 0 heterocycles. The molecule has 0 spiro atoms. The van der Waals surface area contributed by atoms with E-state index in [2.05, 4.69) is 23.7 Å². The lowest BCUT2D eigenvalue weighted by molar-refractivity contribution is 0.694. The van der Waals surface area contributed by atoms with E-state index in [0.717, 1.165) is 6.54 Å². The third-order valence-corrected chi connectivity index (χ3v) is 1.04. The second-order valence-corrected chi connectivity index (χ2v) is 1.83. The first-order valence-corrected chi connectivity index (χ1v) is 3.06. The van der Waals surface area contributed by atoms with Crippen LogP contribution in [0.2, 0.25) is 0 Å². The molecule has 0 saturated carbocycles. The van der Waals surface area contributed by atoms with Crippen molar-refractivity contribution in [3.63, 3.8) is 0 Å². The molecule has 0 amide bonds. The van der Waals surface area contributed by atoms with Gasteiger partial charge in [-0.05, 0) is 13.8 Å². The van der Waals surface area contributed by atoms with Gasteiger partial charge >= 0.3 is 0 Å². The number of hydrogen-bond acceptors (Lipinski definition) is 1. The van der Waals surface area contributed by atoms with E-state index in [-0.39, 0.29) is 0 Å². The van der Waals surface area contributed by atoms with E-state index < -0.39 is 0 Å². The van der Waals surface area contributed by atoms with Crippen LogP contribution in [-0.2, 0) is 0 Å². The van der Waals surface area contributed by atoms with Crippen LogP contribution < -0.4 is 5.32 Å². The van der Waals surface area contributed by atoms with Crippen molar-refractivity contribution in [3.8, 4) is 11.8 Å². The van der Waals surface area contributed by atoms with Crippen molar-refractivity contribution < 1.29 is 0 Å². The van der Waals surface area contributed by atoms with Gasteiger partial charge in [-0.25, -0.2) is 0 Å². The smallest absolute Gasteiger partial charge is 0.0580 e. The van der Waals surface area contributed by atoms with Gasteiger partial charge < -0.3 is 5.32 Å². The van der Waals surface area contributed by atoms with Gasteiger partial charge in [0.25, 0.3) is 0 Å². The summed E-state index contributed by atoms with van der Waals surface area (Å²) in [5.41, 5.74) is 0. The molecule has 1 heteroatoms. The van der Waals surface area contributed by atoms with Crippen molar-refractivity contribution in [1.82, 2.24) is 5.32 Å². The molecule has 0 aromatic heterocycles. The third kappa shape index (κ3) is 5.13. The zero-order chi connectivity index (χ0) is 7.11. The average Bonchev–Trinajstić information content (AvgIpc) is 1.89. The van der Waals surface area contributed by atoms with Crippen LogP contribution in [0.5, 0.6) is 0 Å². The minimum atomic E-state index is 0.367. The Labute approximate surface area is 57.2 Å². The van der Waals surface area contributed by atoms with Crippen molar-refractivity contribution in [1.29, 1.82) is 0 Å². The molecule has 0 aliphatic heterocycles. The van der Waals surface area contributed by atoms with Crippen molar-refractivity contribution in [2.45, 2.75) is 19.9 Å². The second kappa shape index (κ2) is 5.40. The van der Waals surface area contributed by atoms with Crippen LogP contribution in [0.15, 0.2) is 12.7 Å². The summed E-state index contributed by atoms with van der Waals surface area (Å²) in [5.74, 6) is 5.70. The number of nitrogens with one attached hydrogen (secondary N) is 1. The predicted molar refractivity (Wildman–Crippen MR) is 41.1 cm³/mol. The molecule has 0 radical (unpaired) electrons. The van der Waals surface area contributed by atoms with Gasteiger partial charge in [0.15, 0.2) is 0 Å². The zero-order valence-electron chi connectivity index (χ0n) is 6.07. The molecule has 50 valence electrons. The lowest BCUT2D eigenvalue weighted by Gasteiger charge is -2.02. The fourth-order valence-electron chi connectivity index (χ4n) is 0.384. The molecule has 0 aromatic carbocycles. The fourth-order valence-corrected chi connectivity index (χ4v) is 0.384. The molecule has 0 bridgehead atoms. The monoisotopic (exact) mass is 123 g/mol. The summed E-state index contributed by atoms with van der Waals surface area (Å²) < 4.78 is 0. The Hall–Kier alpha value is -0.740. The van der Waals surface area contributed by atoms with E-state index in [0.29, 0.717) is 6.04 Å². The molecule has 1 nitrogen and oxygen atoms in total. The highest BCUT2D eigenvalue weighted by Gasteiger charge is 1.87. The molecule has 0 aromatic rings. The Kier molecular flexibility index (Phi) is 4.95. The molecule has 0 saturated heterocycles. The Morgan fingerprint density at radius 3 is 2.89 bits per heavy atom. The van der Waals surface area contributed by atoms with E-state index in [1.54, 1.807) is 0 Å². The summed E-state index contributed by atoms with van der Waals surface area (Å²) in [7, 11) is 0. The topological polar surface area (TPSA) is 12.0 Å². The number of hydrogen-bond donors (Lipinski definition) is 1. The van der Waals surface area contributed by atoms with Crippen LogP contribution in [0, 0.1) is 11.8 Å². The SMILES string of the molecule is C=CC(C)NCC#CC. The first-order valence-electron chi connectivity index (χ1n) is 3.06. The summed E-state index contributed by atoms with van der Waals surface area (Å²) in [6.07, 6.45) is 1.86. The Bertz CT molecular complexity index is 127. The van der Waals surface area contributed by atoms with Crippen LogP contribution >= 0.6 is 0 Å². The van der Waals surface area contributed by atoms with Gasteiger partial charge in [0.05, 0.1) is 6.54 Å². The average molecular weight is 123 g/mol. The summed E-state index contributed by atoms with van der Waals surface area (Å²) in [6.45, 7) is 8.26. The minimum absolute atomic E-state index is 0.367. The first kappa shape index (κ1) is 8.26. The van der Waals surface area contributed by atoms with Gasteiger partial charge in [-0.2, -0.15) is 0 Å². The largest absolute Gasteiger partial charge is 0.300 e. The van der Waals surface area contributed by atoms with Crippen molar-refractivity contribution in [2.24, 2.45) is 0 Å². The van der Waals surface area contributed by atoms with Gasteiger partial charge in [-0.1, -0.05) is 12.0 Å². The molecular formula is C8H13N. The van der Waals surface area contributed by atoms with E-state index in [9.17, 15) is 0 Å². The normalized spacial score (nSPS) is 11.3. The molecule has 1 atom stereocenters. The molecule has 9 heavy (non-hydrogen) atoms. The molecule has 1 unspecified atom stereocenters. The van der Waals surface area contributed by atoms with Gasteiger partial charge in [0.2, 0.25) is 0 Å². The maximum Gasteiger partial charge on any atom is 0.0580 e. The van der Waals surface area contributed by atoms with Crippen molar-refractivity contribution in [2.75, 3.05) is 6.54 Å². The first-order chi connectivity index (χ1) is 4.31. The Balaban J connectivity index is 3.23. The highest BCUT2D eigenvalue weighted by molar-refractivity contribution is 4.98.